The molecule has 1 aliphatic heterocycles. The summed E-state index contributed by atoms with van der Waals surface area (Å²) >= 11 is 3.44. The second kappa shape index (κ2) is 11.4. The van der Waals surface area contributed by atoms with E-state index in [0.717, 1.165) is 31.4 Å². The predicted molar refractivity (Wildman–Crippen MR) is 120 cm³/mol. The second-order valence-corrected chi connectivity index (χ2v) is 10.8. The summed E-state index contributed by atoms with van der Waals surface area (Å²) in [5.74, 6) is -3.86. The van der Waals surface area contributed by atoms with Gasteiger partial charge in [0, 0.05) is 23.9 Å². The van der Waals surface area contributed by atoms with E-state index in [0.29, 0.717) is 13.0 Å². The first-order chi connectivity index (χ1) is 14.6. The highest BCUT2D eigenvalue weighted by Crippen LogP contribution is 2.24. The van der Waals surface area contributed by atoms with Gasteiger partial charge in [-0.15, -0.1) is 0 Å². The maximum absolute atomic E-state index is 14.9. The first kappa shape index (κ1) is 25.8. The number of Topliss-reactive ketones (excluding diaryl/α,β-unsaturated/α-hetero) is 1. The van der Waals surface area contributed by atoms with Crippen LogP contribution in [-0.2, 0) is 14.8 Å². The number of ketones is 1. The third kappa shape index (κ3) is 7.30. The number of ether oxygens (including phenoxy) is 1. The molecule has 1 fully saturated rings. The molecule has 0 aromatic heterocycles. The molecule has 2 rings (SSSR count). The van der Waals surface area contributed by atoms with Crippen LogP contribution >= 0.6 is 15.9 Å². The molecule has 2 unspecified atom stereocenters. The summed E-state index contributed by atoms with van der Waals surface area (Å²) in [5.41, 5.74) is -1.97. The molecule has 1 saturated heterocycles. The Morgan fingerprint density at radius 1 is 1.35 bits per heavy atom. The van der Waals surface area contributed by atoms with Crippen molar-refractivity contribution >= 4 is 43.1 Å². The zero-order chi connectivity index (χ0) is 23.2. The lowest BCUT2D eigenvalue weighted by atomic mass is 9.98. The van der Waals surface area contributed by atoms with Crippen molar-refractivity contribution in [2.24, 2.45) is 0 Å². The number of benzene rings is 1. The van der Waals surface area contributed by atoms with Crippen LogP contribution in [0.3, 0.4) is 0 Å². The fraction of sp³-hybridized carbons (Fsp3) is 0.600. The van der Waals surface area contributed by atoms with Crippen LogP contribution in [0.5, 0.6) is 0 Å². The minimum absolute atomic E-state index is 0.0875. The number of carbonyl (C=O) groups excluding carboxylic acids is 1. The van der Waals surface area contributed by atoms with Gasteiger partial charge in [0.05, 0.1) is 22.7 Å². The Hall–Kier alpha value is -1.43. The highest BCUT2D eigenvalue weighted by molar-refractivity contribution is 9.09. The van der Waals surface area contributed by atoms with Crippen LogP contribution < -0.4 is 10.0 Å². The molecule has 0 spiro atoms. The Bertz CT molecular complexity index is 906. The number of carbonyl (C=O) groups is 1. The van der Waals surface area contributed by atoms with E-state index < -0.39 is 44.4 Å². The molecule has 1 aromatic carbocycles. The van der Waals surface area contributed by atoms with E-state index in [4.69, 9.17) is 10.1 Å². The van der Waals surface area contributed by atoms with Crippen molar-refractivity contribution in [2.75, 3.05) is 17.1 Å². The Morgan fingerprint density at radius 2 is 2.06 bits per heavy atom. The highest BCUT2D eigenvalue weighted by Gasteiger charge is 2.29. The lowest BCUT2D eigenvalue weighted by Crippen LogP contribution is -2.46. The summed E-state index contributed by atoms with van der Waals surface area (Å²) < 4.78 is 60.7. The van der Waals surface area contributed by atoms with Gasteiger partial charge < -0.3 is 10.1 Å². The zero-order valence-corrected chi connectivity index (χ0v) is 19.9. The molecular formula is C20H28BrF2N3O4S. The predicted octanol–water partition coefficient (Wildman–Crippen LogP) is 3.98. The van der Waals surface area contributed by atoms with Crippen molar-refractivity contribution in [3.63, 3.8) is 0 Å². The van der Waals surface area contributed by atoms with E-state index >= 15 is 0 Å². The molecule has 3 atom stereocenters. The van der Waals surface area contributed by atoms with Gasteiger partial charge >= 0.3 is 0 Å². The Labute approximate surface area is 190 Å². The van der Waals surface area contributed by atoms with Crippen molar-refractivity contribution in [1.82, 2.24) is 5.32 Å². The Balaban J connectivity index is 2.20. The number of hydrogen-bond acceptors (Lipinski definition) is 6. The van der Waals surface area contributed by atoms with Crippen LogP contribution in [0.4, 0.5) is 14.5 Å². The number of anilines is 1. The second-order valence-electron chi connectivity index (χ2n) is 7.52. The van der Waals surface area contributed by atoms with E-state index in [1.54, 1.807) is 6.92 Å². The molecule has 0 aliphatic carbocycles. The van der Waals surface area contributed by atoms with Gasteiger partial charge in [-0.3, -0.25) is 14.8 Å². The number of rotatable bonds is 11. The Kier molecular flexibility index (Phi) is 9.53. The standard InChI is InChI=1S/C20H28BrF2N3O4S/c1-3-10-31(28,29)26-15-8-7-13(22)18(19(15)23)20(27)14(24)11-16(12(2)21)25-17-6-4-5-9-30-17/h7-8,12,16-17,24-26H,3-6,9-11H2,1-2H3/t12-,16?,17?/m1/s1. The highest BCUT2D eigenvalue weighted by atomic mass is 79.9. The molecule has 11 heteroatoms. The van der Waals surface area contributed by atoms with E-state index in [-0.39, 0.29) is 29.3 Å². The monoisotopic (exact) mass is 523 g/mol. The lowest BCUT2D eigenvalue weighted by Gasteiger charge is -2.30. The van der Waals surface area contributed by atoms with Gasteiger partial charge in [0.15, 0.2) is 5.82 Å². The molecule has 31 heavy (non-hydrogen) atoms. The van der Waals surface area contributed by atoms with Gasteiger partial charge in [-0.25, -0.2) is 17.2 Å². The van der Waals surface area contributed by atoms with Crippen LogP contribution in [0, 0.1) is 17.0 Å². The summed E-state index contributed by atoms with van der Waals surface area (Å²) in [6.07, 6.45) is 2.76. The van der Waals surface area contributed by atoms with Gasteiger partial charge in [0.1, 0.15) is 12.0 Å². The van der Waals surface area contributed by atoms with Crippen LogP contribution in [0.15, 0.2) is 12.1 Å². The smallest absolute Gasteiger partial charge is 0.232 e. The van der Waals surface area contributed by atoms with Crippen LogP contribution in [-0.4, -0.2) is 49.4 Å². The summed E-state index contributed by atoms with van der Waals surface area (Å²) in [6, 6.07) is 1.35. The van der Waals surface area contributed by atoms with E-state index in [1.165, 1.54) is 0 Å². The fourth-order valence-corrected chi connectivity index (χ4v) is 4.73. The quantitative estimate of drug-likeness (QED) is 0.231. The number of hydrogen-bond donors (Lipinski definition) is 3. The van der Waals surface area contributed by atoms with E-state index in [1.807, 2.05) is 11.6 Å². The third-order valence-corrected chi connectivity index (χ3v) is 7.00. The normalized spacial score (nSPS) is 18.9. The summed E-state index contributed by atoms with van der Waals surface area (Å²) in [7, 11) is -3.84. The molecule has 0 amide bonds. The summed E-state index contributed by atoms with van der Waals surface area (Å²) in [5, 5.41) is 11.4. The number of sulfonamides is 1. The van der Waals surface area contributed by atoms with Gasteiger partial charge in [-0.2, -0.15) is 0 Å². The van der Waals surface area contributed by atoms with Crippen molar-refractivity contribution < 1.29 is 26.7 Å². The molecule has 0 bridgehead atoms. The maximum Gasteiger partial charge on any atom is 0.232 e. The van der Waals surface area contributed by atoms with Crippen molar-refractivity contribution in [2.45, 2.75) is 63.0 Å². The fourth-order valence-electron chi connectivity index (χ4n) is 3.26. The summed E-state index contributed by atoms with van der Waals surface area (Å²) in [4.78, 5) is 12.6. The lowest BCUT2D eigenvalue weighted by molar-refractivity contribution is -0.0117. The summed E-state index contributed by atoms with van der Waals surface area (Å²) in [6.45, 7) is 4.10. The van der Waals surface area contributed by atoms with Crippen LogP contribution in [0.1, 0.15) is 56.3 Å². The van der Waals surface area contributed by atoms with E-state index in [9.17, 15) is 22.0 Å². The Morgan fingerprint density at radius 3 is 2.65 bits per heavy atom. The van der Waals surface area contributed by atoms with Gasteiger partial charge in [0.25, 0.3) is 0 Å². The molecule has 3 N–H and O–H groups in total. The largest absolute Gasteiger partial charge is 0.363 e. The van der Waals surface area contributed by atoms with Crippen molar-refractivity contribution in [1.29, 1.82) is 5.41 Å². The number of alkyl halides is 1. The van der Waals surface area contributed by atoms with Crippen LogP contribution in [0.25, 0.3) is 0 Å². The SMILES string of the molecule is CCCS(=O)(=O)Nc1ccc(F)c(C(=O)C(=N)CC(NC2CCCCO2)[C@@H](C)Br)c1F. The molecular weight excluding hydrogens is 496 g/mol. The first-order valence-corrected chi connectivity index (χ1v) is 12.7. The third-order valence-electron chi connectivity index (χ3n) is 4.89. The van der Waals surface area contributed by atoms with Gasteiger partial charge in [0.2, 0.25) is 15.8 Å². The van der Waals surface area contributed by atoms with Gasteiger partial charge in [-0.1, -0.05) is 29.8 Å². The average Bonchev–Trinajstić information content (AvgIpc) is 2.70. The molecule has 0 saturated carbocycles. The van der Waals surface area contributed by atoms with E-state index in [2.05, 4.69) is 21.2 Å². The molecule has 7 nitrogen and oxygen atoms in total. The van der Waals surface area contributed by atoms with Crippen LogP contribution in [0.2, 0.25) is 0 Å². The minimum atomic E-state index is -3.84. The van der Waals surface area contributed by atoms with Gasteiger partial charge in [-0.05, 0) is 37.8 Å². The average molecular weight is 524 g/mol. The molecule has 0 radical (unpaired) electrons. The molecule has 174 valence electrons. The first-order valence-electron chi connectivity index (χ1n) is 10.2. The minimum Gasteiger partial charge on any atom is -0.363 e. The number of halogens is 3. The number of nitrogens with one attached hydrogen (secondary N) is 3. The zero-order valence-electron chi connectivity index (χ0n) is 17.5. The van der Waals surface area contributed by atoms with Crippen molar-refractivity contribution in [3.05, 3.63) is 29.3 Å². The topological polar surface area (TPSA) is 108 Å². The van der Waals surface area contributed by atoms with Crippen molar-refractivity contribution in [3.8, 4) is 0 Å². The molecule has 1 aliphatic rings. The molecule has 1 aromatic rings. The maximum atomic E-state index is 14.9. The molecule has 1 heterocycles.